The van der Waals surface area contributed by atoms with Crippen LogP contribution in [0.4, 0.5) is 18.9 Å². The Morgan fingerprint density at radius 1 is 1.03 bits per heavy atom. The number of aryl methyl sites for hydroxylation is 2. The summed E-state index contributed by atoms with van der Waals surface area (Å²) in [5, 5.41) is 9.57. The highest BCUT2D eigenvalue weighted by Gasteiger charge is 2.34. The number of phenolic OH excluding ortho intramolecular Hbond substituents is 1. The summed E-state index contributed by atoms with van der Waals surface area (Å²) in [5.74, 6) is -1.07. The lowest BCUT2D eigenvalue weighted by Gasteiger charge is -2.11. The quantitative estimate of drug-likeness (QED) is 0.485. The van der Waals surface area contributed by atoms with Crippen molar-refractivity contribution in [2.75, 3.05) is 4.72 Å². The van der Waals surface area contributed by atoms with Crippen molar-refractivity contribution in [1.82, 2.24) is 0 Å². The van der Waals surface area contributed by atoms with Crippen molar-refractivity contribution in [2.45, 2.75) is 24.2 Å². The molecule has 29 heavy (non-hydrogen) atoms. The molecule has 0 saturated heterocycles. The van der Waals surface area contributed by atoms with Crippen LogP contribution >= 0.6 is 22.9 Å². The number of thiophene rings is 1. The van der Waals surface area contributed by atoms with Crippen LogP contribution in [0.1, 0.15) is 16.7 Å². The van der Waals surface area contributed by atoms with E-state index in [4.69, 9.17) is 11.6 Å². The first-order valence-electron chi connectivity index (χ1n) is 8.18. The Bertz CT molecular complexity index is 1190. The van der Waals surface area contributed by atoms with Crippen molar-refractivity contribution in [3.05, 3.63) is 63.5 Å². The molecule has 0 fully saturated rings. The zero-order chi connectivity index (χ0) is 21.6. The minimum atomic E-state index is -4.75. The van der Waals surface area contributed by atoms with E-state index in [-0.39, 0.29) is 14.2 Å². The third kappa shape index (κ3) is 4.52. The summed E-state index contributed by atoms with van der Waals surface area (Å²) in [5.41, 5.74) is 1.79. The summed E-state index contributed by atoms with van der Waals surface area (Å²) in [4.78, 5) is 0. The first-order chi connectivity index (χ1) is 13.4. The van der Waals surface area contributed by atoms with Crippen molar-refractivity contribution in [2.24, 2.45) is 0 Å². The maximum absolute atomic E-state index is 12.7. The van der Waals surface area contributed by atoms with Gasteiger partial charge in [0.15, 0.2) is 0 Å². The van der Waals surface area contributed by atoms with Crippen LogP contribution in [0.2, 0.25) is 4.34 Å². The van der Waals surface area contributed by atoms with Gasteiger partial charge in [0.1, 0.15) is 14.3 Å². The molecule has 0 spiro atoms. The van der Waals surface area contributed by atoms with Crippen molar-refractivity contribution < 1.29 is 26.7 Å². The van der Waals surface area contributed by atoms with Crippen molar-refractivity contribution in [3.8, 4) is 16.9 Å². The molecule has 10 heteroatoms. The highest BCUT2D eigenvalue weighted by molar-refractivity contribution is 7.94. The van der Waals surface area contributed by atoms with Gasteiger partial charge in [0.05, 0.1) is 11.3 Å². The Morgan fingerprint density at radius 3 is 2.34 bits per heavy atom. The number of rotatable bonds is 4. The molecule has 3 rings (SSSR count). The molecule has 0 aliphatic rings. The third-order valence-electron chi connectivity index (χ3n) is 4.17. The van der Waals surface area contributed by atoms with E-state index in [2.05, 4.69) is 4.72 Å². The van der Waals surface area contributed by atoms with Crippen LogP contribution in [0, 0.1) is 13.8 Å². The van der Waals surface area contributed by atoms with Gasteiger partial charge < -0.3 is 5.11 Å². The Morgan fingerprint density at radius 2 is 1.72 bits per heavy atom. The van der Waals surface area contributed by atoms with Gasteiger partial charge in [-0.15, -0.1) is 11.3 Å². The summed E-state index contributed by atoms with van der Waals surface area (Å²) in [6.07, 6.45) is -4.75. The lowest BCUT2D eigenvalue weighted by atomic mass is 10.0. The average molecular weight is 462 g/mol. The molecule has 0 atom stereocenters. The van der Waals surface area contributed by atoms with Gasteiger partial charge in [0.2, 0.25) is 0 Å². The SMILES string of the molecule is Cc1ccc(C)c(-c2cc(S(=O)(=O)Nc3ccc(C(F)(F)F)c(O)c3)sc2Cl)c1. The lowest BCUT2D eigenvalue weighted by molar-refractivity contribution is -0.138. The second kappa shape index (κ2) is 7.55. The van der Waals surface area contributed by atoms with Gasteiger partial charge in [-0.3, -0.25) is 4.72 Å². The van der Waals surface area contributed by atoms with Gasteiger partial charge in [0.25, 0.3) is 10.0 Å². The number of nitrogens with one attached hydrogen (secondary N) is 1. The smallest absolute Gasteiger partial charge is 0.419 e. The van der Waals surface area contributed by atoms with Gasteiger partial charge in [-0.25, -0.2) is 8.42 Å². The summed E-state index contributed by atoms with van der Waals surface area (Å²) in [7, 11) is -4.12. The third-order valence-corrected chi connectivity index (χ3v) is 7.38. The van der Waals surface area contributed by atoms with E-state index in [1.807, 2.05) is 32.0 Å². The molecule has 0 aliphatic carbocycles. The van der Waals surface area contributed by atoms with Crippen LogP contribution in [0.3, 0.4) is 0 Å². The molecule has 2 N–H and O–H groups in total. The molecule has 1 aromatic heterocycles. The summed E-state index contributed by atoms with van der Waals surface area (Å²) in [6.45, 7) is 3.78. The van der Waals surface area contributed by atoms with Crippen LogP contribution in [-0.4, -0.2) is 13.5 Å². The molecule has 0 saturated carbocycles. The van der Waals surface area contributed by atoms with Crippen LogP contribution in [0.15, 0.2) is 46.7 Å². The largest absolute Gasteiger partial charge is 0.507 e. The summed E-state index contributed by atoms with van der Waals surface area (Å²) < 4.78 is 65.9. The predicted molar refractivity (Wildman–Crippen MR) is 108 cm³/mol. The van der Waals surface area contributed by atoms with Crippen LogP contribution in [-0.2, 0) is 16.2 Å². The van der Waals surface area contributed by atoms with Crippen LogP contribution < -0.4 is 4.72 Å². The van der Waals surface area contributed by atoms with E-state index in [1.165, 1.54) is 6.07 Å². The van der Waals surface area contributed by atoms with Crippen molar-refractivity contribution in [1.29, 1.82) is 0 Å². The monoisotopic (exact) mass is 461 g/mol. The molecule has 154 valence electrons. The van der Waals surface area contributed by atoms with E-state index in [1.54, 1.807) is 0 Å². The Labute approximate surface area is 174 Å². The number of alkyl halides is 3. The maximum atomic E-state index is 12.7. The number of aromatic hydroxyl groups is 1. The highest BCUT2D eigenvalue weighted by Crippen LogP contribution is 2.41. The number of benzene rings is 2. The summed E-state index contributed by atoms with van der Waals surface area (Å²) in [6, 6.07) is 9.38. The number of anilines is 1. The molecule has 3 aromatic rings. The second-order valence-electron chi connectivity index (χ2n) is 6.41. The molecule has 0 bridgehead atoms. The predicted octanol–water partition coefficient (Wildman–Crippen LogP) is 6.21. The zero-order valence-corrected chi connectivity index (χ0v) is 17.5. The first-order valence-corrected chi connectivity index (χ1v) is 10.9. The number of hydrogen-bond acceptors (Lipinski definition) is 4. The van der Waals surface area contributed by atoms with Gasteiger partial charge in [-0.05, 0) is 43.2 Å². The van der Waals surface area contributed by atoms with Gasteiger partial charge >= 0.3 is 6.18 Å². The van der Waals surface area contributed by atoms with E-state index in [9.17, 15) is 26.7 Å². The molecule has 1 heterocycles. The molecule has 0 unspecified atom stereocenters. The minimum Gasteiger partial charge on any atom is -0.507 e. The average Bonchev–Trinajstić information content (AvgIpc) is 2.98. The van der Waals surface area contributed by atoms with Crippen molar-refractivity contribution >= 4 is 38.6 Å². The number of hydrogen-bond donors (Lipinski definition) is 2. The highest BCUT2D eigenvalue weighted by atomic mass is 35.5. The van der Waals surface area contributed by atoms with E-state index in [0.717, 1.165) is 34.1 Å². The second-order valence-corrected chi connectivity index (χ2v) is 9.97. The Kier molecular flexibility index (Phi) is 5.59. The fraction of sp³-hybridized carbons (Fsp3) is 0.158. The zero-order valence-electron chi connectivity index (χ0n) is 15.1. The van der Waals surface area contributed by atoms with E-state index < -0.39 is 27.5 Å². The number of phenols is 1. The first kappa shape index (κ1) is 21.5. The molecule has 2 aromatic carbocycles. The van der Waals surface area contributed by atoms with Crippen LogP contribution in [0.25, 0.3) is 11.1 Å². The Balaban J connectivity index is 1.95. The van der Waals surface area contributed by atoms with Crippen LogP contribution in [0.5, 0.6) is 5.75 Å². The topological polar surface area (TPSA) is 66.4 Å². The summed E-state index contributed by atoms with van der Waals surface area (Å²) >= 11 is 7.10. The molecule has 4 nitrogen and oxygen atoms in total. The molecule has 0 radical (unpaired) electrons. The Hall–Kier alpha value is -2.23. The van der Waals surface area contributed by atoms with E-state index >= 15 is 0 Å². The molecule has 0 amide bonds. The molecule has 0 aliphatic heterocycles. The van der Waals surface area contributed by atoms with Gasteiger partial charge in [0, 0.05) is 11.6 Å². The van der Waals surface area contributed by atoms with Crippen molar-refractivity contribution in [3.63, 3.8) is 0 Å². The van der Waals surface area contributed by atoms with E-state index in [0.29, 0.717) is 17.7 Å². The van der Waals surface area contributed by atoms with Gasteiger partial charge in [-0.2, -0.15) is 13.2 Å². The fourth-order valence-electron chi connectivity index (χ4n) is 2.73. The standard InChI is InChI=1S/C19H15ClF3NO3S2/c1-10-3-4-11(2)13(7-10)14-9-17(28-18(14)20)29(26,27)24-12-5-6-15(16(25)8-12)19(21,22)23/h3-9,24-25H,1-2H3. The fourth-order valence-corrected chi connectivity index (χ4v) is 5.53. The molecular weight excluding hydrogens is 447 g/mol. The lowest BCUT2D eigenvalue weighted by Crippen LogP contribution is -2.12. The van der Waals surface area contributed by atoms with Gasteiger partial charge in [-0.1, -0.05) is 35.4 Å². The molecular formula is C19H15ClF3NO3S2. The number of halogens is 4. The normalized spacial score (nSPS) is 12.2. The number of sulfonamides is 1. The minimum absolute atomic E-state index is 0.0993. The maximum Gasteiger partial charge on any atom is 0.419 e.